The lowest BCUT2D eigenvalue weighted by atomic mass is 9.86. The smallest absolute Gasteiger partial charge is 0.343 e. The van der Waals surface area contributed by atoms with Crippen LogP contribution in [0.4, 0.5) is 0 Å². The van der Waals surface area contributed by atoms with Crippen LogP contribution in [0.25, 0.3) is 11.0 Å². The fourth-order valence-corrected chi connectivity index (χ4v) is 4.01. The van der Waals surface area contributed by atoms with Gasteiger partial charge in [0.05, 0.1) is 24.5 Å². The second-order valence-corrected chi connectivity index (χ2v) is 7.54. The van der Waals surface area contributed by atoms with E-state index in [9.17, 15) is 9.59 Å². The molecule has 0 amide bonds. The topological polar surface area (TPSA) is 75.0 Å². The number of ether oxygens (including phenoxy) is 3. The lowest BCUT2D eigenvalue weighted by Gasteiger charge is -2.25. The van der Waals surface area contributed by atoms with E-state index in [0.717, 1.165) is 11.1 Å². The maximum absolute atomic E-state index is 12.8. The maximum atomic E-state index is 12.8. The normalized spacial score (nSPS) is 15.2. The molecule has 0 saturated carbocycles. The molecule has 0 bridgehead atoms. The molecule has 4 aromatic rings. The van der Waals surface area contributed by atoms with Crippen LogP contribution in [0.15, 0.2) is 82.0 Å². The van der Waals surface area contributed by atoms with Crippen molar-refractivity contribution in [3.63, 3.8) is 0 Å². The Labute approximate surface area is 184 Å². The van der Waals surface area contributed by atoms with E-state index < -0.39 is 17.5 Å². The summed E-state index contributed by atoms with van der Waals surface area (Å²) in [6, 6.07) is 22.3. The van der Waals surface area contributed by atoms with Crippen molar-refractivity contribution in [2.24, 2.45) is 0 Å². The Morgan fingerprint density at radius 3 is 2.53 bits per heavy atom. The quantitative estimate of drug-likeness (QED) is 0.335. The zero-order valence-corrected chi connectivity index (χ0v) is 17.4. The van der Waals surface area contributed by atoms with Gasteiger partial charge in [-0.3, -0.25) is 4.79 Å². The zero-order chi connectivity index (χ0) is 22.1. The highest BCUT2D eigenvalue weighted by molar-refractivity contribution is 5.90. The number of rotatable bonds is 5. The molecule has 6 nitrogen and oxygen atoms in total. The molecule has 1 aliphatic rings. The molecule has 1 aromatic heterocycles. The average Bonchev–Trinajstić information content (AvgIpc) is 2.82. The fraction of sp³-hybridized carbons (Fsp3) is 0.154. The molecule has 0 radical (unpaired) electrons. The molecule has 32 heavy (non-hydrogen) atoms. The second kappa shape index (κ2) is 8.23. The van der Waals surface area contributed by atoms with Crippen molar-refractivity contribution in [2.75, 3.05) is 7.11 Å². The minimum Gasteiger partial charge on any atom is -0.493 e. The lowest BCUT2D eigenvalue weighted by Crippen LogP contribution is -2.26. The number of carbonyl (C=O) groups is 1. The summed E-state index contributed by atoms with van der Waals surface area (Å²) in [5, 5.41) is 0.593. The number of carbonyl (C=O) groups excluding carboxylic acids is 1. The standard InChI is InChI=1S/C26H20O6/c1-29-22-13-17(11-12-21(22)30-15-16-7-3-2-4-8-16)19-14-23(27)32-25-18-9-5-6-10-20(18)31-26(28)24(19)25/h2-13,19H,14-15H2,1H3. The lowest BCUT2D eigenvalue weighted by molar-refractivity contribution is -0.135. The highest BCUT2D eigenvalue weighted by atomic mass is 16.5. The summed E-state index contributed by atoms with van der Waals surface area (Å²) in [5.74, 6) is 0.445. The van der Waals surface area contributed by atoms with Crippen LogP contribution < -0.4 is 19.8 Å². The molecular weight excluding hydrogens is 408 g/mol. The Morgan fingerprint density at radius 1 is 0.938 bits per heavy atom. The van der Waals surface area contributed by atoms with Crippen LogP contribution in [0, 0.1) is 0 Å². The van der Waals surface area contributed by atoms with Crippen molar-refractivity contribution in [3.8, 4) is 17.2 Å². The van der Waals surface area contributed by atoms with E-state index in [1.54, 1.807) is 37.4 Å². The molecule has 0 N–H and O–H groups in total. The SMILES string of the molecule is COc1cc(C2CC(=O)Oc3c2c(=O)oc2ccccc32)ccc1OCc1ccccc1. The minimum absolute atomic E-state index is 0.0312. The highest BCUT2D eigenvalue weighted by Crippen LogP contribution is 2.42. The van der Waals surface area contributed by atoms with Gasteiger partial charge in [0.2, 0.25) is 0 Å². The van der Waals surface area contributed by atoms with Gasteiger partial charge in [0, 0.05) is 5.92 Å². The molecule has 0 spiro atoms. The first-order chi connectivity index (χ1) is 15.6. The Morgan fingerprint density at radius 2 is 1.72 bits per heavy atom. The molecule has 1 aliphatic heterocycles. The Hall–Kier alpha value is -4.06. The van der Waals surface area contributed by atoms with Crippen LogP contribution in [0.5, 0.6) is 17.2 Å². The van der Waals surface area contributed by atoms with Gasteiger partial charge in [0.15, 0.2) is 17.2 Å². The third-order valence-corrected chi connectivity index (χ3v) is 5.56. The average molecular weight is 428 g/mol. The van der Waals surface area contributed by atoms with E-state index in [4.69, 9.17) is 18.6 Å². The summed E-state index contributed by atoms with van der Waals surface area (Å²) in [7, 11) is 1.56. The van der Waals surface area contributed by atoms with Gasteiger partial charge in [-0.2, -0.15) is 0 Å². The summed E-state index contributed by atoms with van der Waals surface area (Å²) in [6.45, 7) is 0.394. The Bertz CT molecular complexity index is 1360. The number of esters is 1. The number of benzene rings is 3. The van der Waals surface area contributed by atoms with Gasteiger partial charge < -0.3 is 18.6 Å². The van der Waals surface area contributed by atoms with Crippen LogP contribution in [0.1, 0.15) is 29.0 Å². The molecule has 2 heterocycles. The van der Waals surface area contributed by atoms with Crippen LogP contribution in [-0.2, 0) is 11.4 Å². The summed E-state index contributed by atoms with van der Waals surface area (Å²) < 4.78 is 22.5. The number of hydrogen-bond acceptors (Lipinski definition) is 6. The van der Waals surface area contributed by atoms with E-state index in [2.05, 4.69) is 0 Å². The van der Waals surface area contributed by atoms with Gasteiger partial charge in [-0.05, 0) is 35.4 Å². The van der Waals surface area contributed by atoms with Crippen LogP contribution in [0.2, 0.25) is 0 Å². The molecule has 6 heteroatoms. The first-order valence-corrected chi connectivity index (χ1v) is 10.2. The summed E-state index contributed by atoms with van der Waals surface area (Å²) >= 11 is 0. The molecule has 160 valence electrons. The number of fused-ring (bicyclic) bond motifs is 3. The number of para-hydroxylation sites is 1. The fourth-order valence-electron chi connectivity index (χ4n) is 4.01. The number of hydrogen-bond donors (Lipinski definition) is 0. The van der Waals surface area contributed by atoms with Crippen molar-refractivity contribution in [1.29, 1.82) is 0 Å². The highest BCUT2D eigenvalue weighted by Gasteiger charge is 2.34. The molecule has 0 saturated heterocycles. The first-order valence-electron chi connectivity index (χ1n) is 10.2. The molecule has 0 fully saturated rings. The second-order valence-electron chi connectivity index (χ2n) is 7.54. The largest absolute Gasteiger partial charge is 0.493 e. The van der Waals surface area contributed by atoms with Gasteiger partial charge >= 0.3 is 11.6 Å². The monoisotopic (exact) mass is 428 g/mol. The Balaban J connectivity index is 1.53. The van der Waals surface area contributed by atoms with E-state index >= 15 is 0 Å². The van der Waals surface area contributed by atoms with Crippen molar-refractivity contribution < 1.29 is 23.4 Å². The summed E-state index contributed by atoms with van der Waals surface area (Å²) in [4.78, 5) is 25.3. The van der Waals surface area contributed by atoms with E-state index in [1.165, 1.54) is 0 Å². The first kappa shape index (κ1) is 19.9. The molecule has 1 unspecified atom stereocenters. The molecule has 3 aromatic carbocycles. The maximum Gasteiger partial charge on any atom is 0.343 e. The molecule has 5 rings (SSSR count). The van der Waals surface area contributed by atoms with Gasteiger partial charge in [-0.15, -0.1) is 0 Å². The zero-order valence-electron chi connectivity index (χ0n) is 17.4. The van der Waals surface area contributed by atoms with Gasteiger partial charge in [0.1, 0.15) is 12.2 Å². The van der Waals surface area contributed by atoms with Crippen molar-refractivity contribution >= 4 is 16.9 Å². The number of methoxy groups -OCH3 is 1. The van der Waals surface area contributed by atoms with Gasteiger partial charge in [-0.1, -0.05) is 48.5 Å². The predicted molar refractivity (Wildman–Crippen MR) is 118 cm³/mol. The van der Waals surface area contributed by atoms with Crippen LogP contribution in [0.3, 0.4) is 0 Å². The summed E-state index contributed by atoms with van der Waals surface area (Å²) in [5.41, 5.74) is 1.98. The molecule has 0 aliphatic carbocycles. The van der Waals surface area contributed by atoms with E-state index in [-0.39, 0.29) is 12.2 Å². The third-order valence-electron chi connectivity index (χ3n) is 5.56. The predicted octanol–water partition coefficient (Wildman–Crippen LogP) is 4.82. The molecule has 1 atom stereocenters. The van der Waals surface area contributed by atoms with Gasteiger partial charge in [0.25, 0.3) is 0 Å². The minimum atomic E-state index is -0.514. The van der Waals surface area contributed by atoms with Crippen LogP contribution in [-0.4, -0.2) is 13.1 Å². The van der Waals surface area contributed by atoms with Crippen molar-refractivity contribution in [1.82, 2.24) is 0 Å². The summed E-state index contributed by atoms with van der Waals surface area (Å²) in [6.07, 6.45) is 0.0312. The van der Waals surface area contributed by atoms with Gasteiger partial charge in [-0.25, -0.2) is 4.79 Å². The van der Waals surface area contributed by atoms with E-state index in [0.29, 0.717) is 34.6 Å². The molecular formula is C26H20O6. The van der Waals surface area contributed by atoms with Crippen LogP contribution >= 0.6 is 0 Å². The van der Waals surface area contributed by atoms with Crippen molar-refractivity contribution in [2.45, 2.75) is 18.9 Å². The Kier molecular flexibility index (Phi) is 5.11. The van der Waals surface area contributed by atoms with E-state index in [1.807, 2.05) is 42.5 Å². The van der Waals surface area contributed by atoms with Crippen molar-refractivity contribution in [3.05, 3.63) is 99.9 Å². The third kappa shape index (κ3) is 3.60.